The second kappa shape index (κ2) is 6.93. The lowest BCUT2D eigenvalue weighted by Crippen LogP contribution is -2.50. The minimum atomic E-state index is -0.530. The van der Waals surface area contributed by atoms with Crippen LogP contribution < -0.4 is 15.5 Å². The molecule has 3 rings (SSSR count). The molecule has 0 saturated carbocycles. The predicted octanol–water partition coefficient (Wildman–Crippen LogP) is 2.73. The molecule has 0 fully saturated rings. The summed E-state index contributed by atoms with van der Waals surface area (Å²) in [5, 5.41) is 6.16. The van der Waals surface area contributed by atoms with E-state index in [1.807, 2.05) is 36.4 Å². The van der Waals surface area contributed by atoms with Crippen LogP contribution in [-0.2, 0) is 17.8 Å². The van der Waals surface area contributed by atoms with Crippen molar-refractivity contribution in [2.24, 2.45) is 0 Å². The summed E-state index contributed by atoms with van der Waals surface area (Å²) in [6.45, 7) is 0.370. The summed E-state index contributed by atoms with van der Waals surface area (Å²) < 4.78 is 0. The highest BCUT2D eigenvalue weighted by Gasteiger charge is 2.37. The number of anilines is 1. The SMILES string of the molecule is CNC(=O)[C@@H]1Cc2ccccc2N1C(=O)NCc1ccc(Cl)cc1. The number of hydrogen-bond acceptors (Lipinski definition) is 2. The molecule has 1 aliphatic rings. The van der Waals surface area contributed by atoms with Crippen molar-refractivity contribution < 1.29 is 9.59 Å². The highest BCUT2D eigenvalue weighted by atomic mass is 35.5. The zero-order chi connectivity index (χ0) is 17.1. The molecule has 0 unspecified atom stereocenters. The third-order valence-electron chi connectivity index (χ3n) is 4.10. The average Bonchev–Trinajstić information content (AvgIpc) is 3.00. The lowest BCUT2D eigenvalue weighted by atomic mass is 10.1. The fraction of sp³-hybridized carbons (Fsp3) is 0.222. The molecule has 6 heteroatoms. The molecule has 124 valence electrons. The van der Waals surface area contributed by atoms with Gasteiger partial charge >= 0.3 is 6.03 Å². The van der Waals surface area contributed by atoms with E-state index in [-0.39, 0.29) is 11.9 Å². The maximum atomic E-state index is 12.7. The van der Waals surface area contributed by atoms with Crippen LogP contribution in [0.2, 0.25) is 5.02 Å². The highest BCUT2D eigenvalue weighted by Crippen LogP contribution is 2.32. The minimum absolute atomic E-state index is 0.173. The van der Waals surface area contributed by atoms with Crippen molar-refractivity contribution in [3.05, 3.63) is 64.7 Å². The predicted molar refractivity (Wildman–Crippen MR) is 94.2 cm³/mol. The van der Waals surface area contributed by atoms with Crippen LogP contribution in [0.5, 0.6) is 0 Å². The van der Waals surface area contributed by atoms with E-state index < -0.39 is 6.04 Å². The highest BCUT2D eigenvalue weighted by molar-refractivity contribution is 6.30. The number of rotatable bonds is 3. The molecule has 0 radical (unpaired) electrons. The number of carbonyl (C=O) groups is 2. The number of para-hydroxylation sites is 1. The van der Waals surface area contributed by atoms with Crippen LogP contribution in [-0.4, -0.2) is 25.0 Å². The summed E-state index contributed by atoms with van der Waals surface area (Å²) in [4.78, 5) is 26.4. The number of carbonyl (C=O) groups excluding carboxylic acids is 2. The number of likely N-dealkylation sites (N-methyl/N-ethyl adjacent to an activating group) is 1. The zero-order valence-electron chi connectivity index (χ0n) is 13.3. The number of benzene rings is 2. The quantitative estimate of drug-likeness (QED) is 0.900. The van der Waals surface area contributed by atoms with Gasteiger partial charge in [-0.05, 0) is 29.3 Å². The molecule has 1 aliphatic heterocycles. The number of urea groups is 1. The molecule has 24 heavy (non-hydrogen) atoms. The fourth-order valence-corrected chi connectivity index (χ4v) is 3.00. The maximum Gasteiger partial charge on any atom is 0.322 e. The van der Waals surface area contributed by atoms with E-state index in [1.54, 1.807) is 19.2 Å². The summed E-state index contributed by atoms with van der Waals surface area (Å²) >= 11 is 5.86. The van der Waals surface area contributed by atoms with Gasteiger partial charge in [-0.25, -0.2) is 4.79 Å². The molecule has 0 saturated heterocycles. The number of fused-ring (bicyclic) bond motifs is 1. The Morgan fingerprint density at radius 3 is 2.58 bits per heavy atom. The Hall–Kier alpha value is -2.53. The molecule has 1 heterocycles. The largest absolute Gasteiger partial charge is 0.357 e. The lowest BCUT2D eigenvalue weighted by molar-refractivity contribution is -0.121. The molecule has 2 N–H and O–H groups in total. The van der Waals surface area contributed by atoms with E-state index in [1.165, 1.54) is 4.90 Å². The van der Waals surface area contributed by atoms with E-state index in [4.69, 9.17) is 11.6 Å². The summed E-state index contributed by atoms with van der Waals surface area (Å²) in [5.74, 6) is -0.173. The van der Waals surface area contributed by atoms with Crippen LogP contribution >= 0.6 is 11.6 Å². The summed E-state index contributed by atoms with van der Waals surface area (Å²) in [5.41, 5.74) is 2.71. The van der Waals surface area contributed by atoms with E-state index in [0.717, 1.165) is 16.8 Å². The van der Waals surface area contributed by atoms with Gasteiger partial charge in [-0.1, -0.05) is 41.9 Å². The van der Waals surface area contributed by atoms with Gasteiger partial charge in [0.1, 0.15) is 6.04 Å². The molecule has 2 aromatic carbocycles. The van der Waals surface area contributed by atoms with E-state index in [2.05, 4.69) is 10.6 Å². The van der Waals surface area contributed by atoms with Gasteiger partial charge < -0.3 is 10.6 Å². The van der Waals surface area contributed by atoms with Gasteiger partial charge in [0.2, 0.25) is 5.91 Å². The summed E-state index contributed by atoms with van der Waals surface area (Å²) in [6, 6.07) is 14.0. The standard InChI is InChI=1S/C18H18ClN3O2/c1-20-17(23)16-10-13-4-2-3-5-15(13)22(16)18(24)21-11-12-6-8-14(19)9-7-12/h2-9,16H,10-11H2,1H3,(H,20,23)(H,21,24)/t16-/m0/s1. The lowest BCUT2D eigenvalue weighted by Gasteiger charge is -2.24. The van der Waals surface area contributed by atoms with E-state index in [9.17, 15) is 9.59 Å². The Kier molecular flexibility index (Phi) is 4.71. The Morgan fingerprint density at radius 2 is 1.88 bits per heavy atom. The number of halogens is 1. The van der Waals surface area contributed by atoms with Gasteiger partial charge in [0.25, 0.3) is 0 Å². The Balaban J connectivity index is 1.77. The third kappa shape index (κ3) is 3.21. The second-order valence-electron chi connectivity index (χ2n) is 5.62. The van der Waals surface area contributed by atoms with Gasteiger partial charge in [-0.3, -0.25) is 9.69 Å². The first-order chi connectivity index (χ1) is 11.6. The molecule has 0 aliphatic carbocycles. The van der Waals surface area contributed by atoms with Crippen LogP contribution in [0.3, 0.4) is 0 Å². The molecule has 3 amide bonds. The number of nitrogens with zero attached hydrogens (tertiary/aromatic N) is 1. The van der Waals surface area contributed by atoms with Crippen LogP contribution in [0.15, 0.2) is 48.5 Å². The fourth-order valence-electron chi connectivity index (χ4n) is 2.88. The number of hydrogen-bond donors (Lipinski definition) is 2. The molecule has 0 aromatic heterocycles. The Bertz CT molecular complexity index is 761. The first kappa shape index (κ1) is 16.3. The van der Waals surface area contributed by atoms with Gasteiger partial charge in [-0.2, -0.15) is 0 Å². The first-order valence-corrected chi connectivity index (χ1v) is 8.09. The van der Waals surface area contributed by atoms with Gasteiger partial charge in [-0.15, -0.1) is 0 Å². The van der Waals surface area contributed by atoms with Gasteiger partial charge in [0, 0.05) is 30.7 Å². The van der Waals surface area contributed by atoms with Crippen molar-refractivity contribution in [2.75, 3.05) is 11.9 Å². The molecule has 0 spiro atoms. The van der Waals surface area contributed by atoms with Crippen molar-refractivity contribution in [1.29, 1.82) is 0 Å². The molecule has 2 aromatic rings. The van der Waals surface area contributed by atoms with Gasteiger partial charge in [0.05, 0.1) is 0 Å². The first-order valence-electron chi connectivity index (χ1n) is 7.71. The van der Waals surface area contributed by atoms with E-state index in [0.29, 0.717) is 18.0 Å². The van der Waals surface area contributed by atoms with Crippen LogP contribution in [0.25, 0.3) is 0 Å². The molecule has 0 bridgehead atoms. The molecule has 1 atom stereocenters. The van der Waals surface area contributed by atoms with Crippen LogP contribution in [0, 0.1) is 0 Å². The van der Waals surface area contributed by atoms with Crippen molar-refractivity contribution in [3.8, 4) is 0 Å². The maximum absolute atomic E-state index is 12.7. The topological polar surface area (TPSA) is 61.4 Å². The Labute approximate surface area is 145 Å². The number of nitrogens with one attached hydrogen (secondary N) is 2. The van der Waals surface area contributed by atoms with Crippen molar-refractivity contribution >= 4 is 29.2 Å². The van der Waals surface area contributed by atoms with Crippen molar-refractivity contribution in [2.45, 2.75) is 19.0 Å². The van der Waals surface area contributed by atoms with Gasteiger partial charge in [0.15, 0.2) is 0 Å². The average molecular weight is 344 g/mol. The van der Waals surface area contributed by atoms with E-state index >= 15 is 0 Å². The second-order valence-corrected chi connectivity index (χ2v) is 6.05. The minimum Gasteiger partial charge on any atom is -0.357 e. The molecular weight excluding hydrogens is 326 g/mol. The molecule has 5 nitrogen and oxygen atoms in total. The molecular formula is C18H18ClN3O2. The normalized spacial score (nSPS) is 15.8. The van der Waals surface area contributed by atoms with Crippen molar-refractivity contribution in [3.63, 3.8) is 0 Å². The monoisotopic (exact) mass is 343 g/mol. The van der Waals surface area contributed by atoms with Crippen LogP contribution in [0.1, 0.15) is 11.1 Å². The zero-order valence-corrected chi connectivity index (χ0v) is 14.0. The summed E-state index contributed by atoms with van der Waals surface area (Å²) in [6.07, 6.45) is 0.518. The van der Waals surface area contributed by atoms with Crippen molar-refractivity contribution in [1.82, 2.24) is 10.6 Å². The van der Waals surface area contributed by atoms with Crippen LogP contribution in [0.4, 0.5) is 10.5 Å². The smallest absolute Gasteiger partial charge is 0.322 e. The summed E-state index contributed by atoms with van der Waals surface area (Å²) in [7, 11) is 1.58. The number of amides is 3. The Morgan fingerprint density at radius 1 is 1.17 bits per heavy atom. The third-order valence-corrected chi connectivity index (χ3v) is 4.35.